The number of hydrogen-bond donors (Lipinski definition) is 0. The Labute approximate surface area is 104 Å². The van der Waals surface area contributed by atoms with E-state index in [9.17, 15) is 8.42 Å². The number of rotatable bonds is 6. The molecule has 1 rings (SSSR count). The highest BCUT2D eigenvalue weighted by molar-refractivity contribution is 7.89. The van der Waals surface area contributed by atoms with Crippen LogP contribution in [0.5, 0.6) is 0 Å². The van der Waals surface area contributed by atoms with E-state index in [0.29, 0.717) is 11.4 Å². The molecule has 0 bridgehead atoms. The highest BCUT2D eigenvalue weighted by Gasteiger charge is 2.19. The Morgan fingerprint density at radius 2 is 1.59 bits per heavy atom. The largest absolute Gasteiger partial charge is 0.309 e. The Bertz CT molecular complexity index is 429. The molecule has 0 saturated heterocycles. The molecular formula is C12H20N2O2S. The van der Waals surface area contributed by atoms with E-state index in [1.165, 1.54) is 4.31 Å². The third-order valence-electron chi connectivity index (χ3n) is 2.53. The third-order valence-corrected chi connectivity index (χ3v) is 4.40. The average Bonchev–Trinajstić information content (AvgIpc) is 2.29. The minimum absolute atomic E-state index is 0.354. The van der Waals surface area contributed by atoms with Crippen molar-refractivity contribution in [3.63, 3.8) is 0 Å². The van der Waals surface area contributed by atoms with Crippen molar-refractivity contribution in [3.05, 3.63) is 30.3 Å². The Morgan fingerprint density at radius 3 is 2.12 bits per heavy atom. The van der Waals surface area contributed by atoms with Gasteiger partial charge in [-0.3, -0.25) is 0 Å². The number of benzene rings is 1. The Morgan fingerprint density at radius 1 is 1.00 bits per heavy atom. The molecule has 4 nitrogen and oxygen atoms in total. The summed E-state index contributed by atoms with van der Waals surface area (Å²) in [5, 5.41) is 0. The average molecular weight is 256 g/mol. The summed E-state index contributed by atoms with van der Waals surface area (Å²) in [5.41, 5.74) is 0. The summed E-state index contributed by atoms with van der Waals surface area (Å²) in [6.07, 6.45) is 0.829. The van der Waals surface area contributed by atoms with Gasteiger partial charge in [-0.15, -0.1) is 0 Å². The van der Waals surface area contributed by atoms with Gasteiger partial charge in [0.25, 0.3) is 0 Å². The zero-order valence-electron chi connectivity index (χ0n) is 10.6. The van der Waals surface area contributed by atoms with E-state index in [2.05, 4.69) is 0 Å². The molecule has 1 aromatic rings. The molecule has 1 aromatic carbocycles. The van der Waals surface area contributed by atoms with Gasteiger partial charge in [0.1, 0.15) is 0 Å². The summed E-state index contributed by atoms with van der Waals surface area (Å²) in [4.78, 5) is 2.40. The van der Waals surface area contributed by atoms with Crippen LogP contribution in [-0.2, 0) is 10.0 Å². The van der Waals surface area contributed by atoms with Gasteiger partial charge < -0.3 is 4.90 Å². The van der Waals surface area contributed by atoms with Gasteiger partial charge in [-0.2, -0.15) is 0 Å². The van der Waals surface area contributed by atoms with Gasteiger partial charge >= 0.3 is 0 Å². The van der Waals surface area contributed by atoms with Crippen LogP contribution >= 0.6 is 0 Å². The summed E-state index contributed by atoms with van der Waals surface area (Å²) in [6, 6.07) is 8.53. The molecule has 0 aliphatic carbocycles. The van der Waals surface area contributed by atoms with Crippen LogP contribution in [0.3, 0.4) is 0 Å². The summed E-state index contributed by atoms with van der Waals surface area (Å²) in [5.74, 6) is 0. The molecule has 0 amide bonds. The predicted octanol–water partition coefficient (Wildman–Crippen LogP) is 1.26. The van der Waals surface area contributed by atoms with Crippen LogP contribution in [0.4, 0.5) is 0 Å². The van der Waals surface area contributed by atoms with Gasteiger partial charge in [-0.05, 0) is 39.2 Å². The van der Waals surface area contributed by atoms with E-state index < -0.39 is 10.0 Å². The topological polar surface area (TPSA) is 40.6 Å². The maximum atomic E-state index is 12.1. The van der Waals surface area contributed by atoms with E-state index in [1.54, 1.807) is 31.3 Å². The van der Waals surface area contributed by atoms with Crippen molar-refractivity contribution in [1.29, 1.82) is 0 Å². The van der Waals surface area contributed by atoms with Crippen molar-refractivity contribution in [2.75, 3.05) is 34.2 Å². The minimum Gasteiger partial charge on any atom is -0.309 e. The van der Waals surface area contributed by atoms with Gasteiger partial charge in [-0.1, -0.05) is 18.2 Å². The first kappa shape index (κ1) is 14.2. The van der Waals surface area contributed by atoms with Crippen LogP contribution < -0.4 is 0 Å². The Kier molecular flexibility index (Phi) is 5.11. The first-order valence-electron chi connectivity index (χ1n) is 5.60. The van der Waals surface area contributed by atoms with Crippen LogP contribution in [-0.4, -0.2) is 51.9 Å². The van der Waals surface area contributed by atoms with Gasteiger partial charge in [-0.25, -0.2) is 12.7 Å². The summed E-state index contributed by atoms with van der Waals surface area (Å²) in [7, 11) is 2.26. The Balaban J connectivity index is 2.65. The van der Waals surface area contributed by atoms with Gasteiger partial charge in [0.05, 0.1) is 4.90 Å². The second-order valence-electron chi connectivity index (χ2n) is 4.30. The molecule has 0 heterocycles. The lowest BCUT2D eigenvalue weighted by Gasteiger charge is -2.18. The molecule has 17 heavy (non-hydrogen) atoms. The highest BCUT2D eigenvalue weighted by atomic mass is 32.2. The molecule has 0 spiro atoms. The minimum atomic E-state index is -3.32. The van der Waals surface area contributed by atoms with E-state index in [4.69, 9.17) is 0 Å². The van der Waals surface area contributed by atoms with Crippen molar-refractivity contribution in [1.82, 2.24) is 9.21 Å². The standard InChI is InChI=1S/C12H20N2O2S/c1-13(2)10-7-11-14(3)17(15,16)12-8-5-4-6-9-12/h4-6,8-9H,7,10-11H2,1-3H3. The number of nitrogens with zero attached hydrogens (tertiary/aromatic N) is 2. The molecule has 0 fully saturated rings. The second-order valence-corrected chi connectivity index (χ2v) is 6.34. The van der Waals surface area contributed by atoms with Crippen LogP contribution in [0.15, 0.2) is 35.2 Å². The Hall–Kier alpha value is -0.910. The molecule has 0 aromatic heterocycles. The maximum Gasteiger partial charge on any atom is 0.242 e. The van der Waals surface area contributed by atoms with Crippen LogP contribution in [0.2, 0.25) is 0 Å². The van der Waals surface area contributed by atoms with Crippen molar-refractivity contribution >= 4 is 10.0 Å². The van der Waals surface area contributed by atoms with Crippen molar-refractivity contribution < 1.29 is 8.42 Å². The smallest absolute Gasteiger partial charge is 0.242 e. The fourth-order valence-corrected chi connectivity index (χ4v) is 2.73. The molecular weight excluding hydrogens is 236 g/mol. The zero-order chi connectivity index (χ0) is 12.9. The first-order chi connectivity index (χ1) is 7.94. The molecule has 0 aliphatic rings. The van der Waals surface area contributed by atoms with Crippen molar-refractivity contribution in [2.45, 2.75) is 11.3 Å². The highest BCUT2D eigenvalue weighted by Crippen LogP contribution is 2.13. The normalized spacial score (nSPS) is 12.3. The third kappa shape index (κ3) is 4.11. The van der Waals surface area contributed by atoms with Crippen LogP contribution in [0.1, 0.15) is 6.42 Å². The zero-order valence-corrected chi connectivity index (χ0v) is 11.4. The summed E-state index contributed by atoms with van der Waals surface area (Å²) in [6.45, 7) is 1.42. The molecule has 0 radical (unpaired) electrons. The lowest BCUT2D eigenvalue weighted by molar-refractivity contribution is 0.370. The first-order valence-corrected chi connectivity index (χ1v) is 7.04. The van der Waals surface area contributed by atoms with Gasteiger partial charge in [0.2, 0.25) is 10.0 Å². The van der Waals surface area contributed by atoms with E-state index in [0.717, 1.165) is 13.0 Å². The second kappa shape index (κ2) is 6.14. The maximum absolute atomic E-state index is 12.1. The molecule has 96 valence electrons. The summed E-state index contributed by atoms with van der Waals surface area (Å²) < 4.78 is 25.6. The fourth-order valence-electron chi connectivity index (χ4n) is 1.50. The molecule has 0 atom stereocenters. The summed E-state index contributed by atoms with van der Waals surface area (Å²) >= 11 is 0. The lowest BCUT2D eigenvalue weighted by Crippen LogP contribution is -2.29. The molecule has 0 saturated carbocycles. The molecule has 0 unspecified atom stereocenters. The SMILES string of the molecule is CN(C)CCCN(C)S(=O)(=O)c1ccccc1. The number of hydrogen-bond acceptors (Lipinski definition) is 3. The van der Waals surface area contributed by atoms with Gasteiger partial charge in [0, 0.05) is 13.6 Å². The van der Waals surface area contributed by atoms with Crippen LogP contribution in [0, 0.1) is 0 Å². The van der Waals surface area contributed by atoms with E-state index >= 15 is 0 Å². The van der Waals surface area contributed by atoms with Crippen LogP contribution in [0.25, 0.3) is 0 Å². The van der Waals surface area contributed by atoms with Crippen molar-refractivity contribution in [3.8, 4) is 0 Å². The van der Waals surface area contributed by atoms with Gasteiger partial charge in [0.15, 0.2) is 0 Å². The molecule has 0 N–H and O–H groups in total. The number of sulfonamides is 1. The fraction of sp³-hybridized carbons (Fsp3) is 0.500. The lowest BCUT2D eigenvalue weighted by atomic mass is 10.4. The predicted molar refractivity (Wildman–Crippen MR) is 69.4 cm³/mol. The monoisotopic (exact) mass is 256 g/mol. The molecule has 5 heteroatoms. The van der Waals surface area contributed by atoms with E-state index in [1.807, 2.05) is 25.1 Å². The molecule has 0 aliphatic heterocycles. The van der Waals surface area contributed by atoms with Crippen molar-refractivity contribution in [2.24, 2.45) is 0 Å². The quantitative estimate of drug-likeness (QED) is 0.769. The van der Waals surface area contributed by atoms with E-state index in [-0.39, 0.29) is 0 Å².